The van der Waals surface area contributed by atoms with Gasteiger partial charge in [0.25, 0.3) is 0 Å². The topological polar surface area (TPSA) is 12.0 Å². The molecule has 4 heteroatoms. The zero-order chi connectivity index (χ0) is 12.5. The Morgan fingerprint density at radius 2 is 2.11 bits per heavy atom. The van der Waals surface area contributed by atoms with Gasteiger partial charge in [0.15, 0.2) is 0 Å². The summed E-state index contributed by atoms with van der Waals surface area (Å²) in [5.41, 5.74) is 1.44. The number of rotatable bonds is 4. The molecule has 94 valence electrons. The Bertz CT molecular complexity index is 520. The molecule has 2 aromatic rings. The molecule has 2 unspecified atom stereocenters. The van der Waals surface area contributed by atoms with Gasteiger partial charge in [0.2, 0.25) is 0 Å². The fourth-order valence-electron chi connectivity index (χ4n) is 2.20. The predicted octanol–water partition coefficient (Wildman–Crippen LogP) is 4.81. The lowest BCUT2D eigenvalue weighted by atomic mass is 10.1. The van der Waals surface area contributed by atoms with Crippen LogP contribution in [0.15, 0.2) is 40.9 Å². The van der Waals surface area contributed by atoms with Crippen molar-refractivity contribution in [3.8, 4) is 0 Å². The second-order valence-corrected chi connectivity index (χ2v) is 7.17. The Morgan fingerprint density at radius 3 is 2.78 bits per heavy atom. The van der Waals surface area contributed by atoms with Crippen LogP contribution < -0.4 is 5.32 Å². The van der Waals surface area contributed by atoms with Crippen molar-refractivity contribution in [2.45, 2.75) is 24.9 Å². The van der Waals surface area contributed by atoms with Crippen LogP contribution >= 0.6 is 38.9 Å². The smallest absolute Gasteiger partial charge is 0.107 e. The van der Waals surface area contributed by atoms with E-state index in [4.69, 9.17) is 11.6 Å². The van der Waals surface area contributed by atoms with Crippen LogP contribution in [0.4, 0.5) is 0 Å². The van der Waals surface area contributed by atoms with Gasteiger partial charge in [-0.05, 0) is 34.0 Å². The molecule has 1 nitrogen and oxygen atoms in total. The molecule has 18 heavy (non-hydrogen) atoms. The largest absolute Gasteiger partial charge is 0.308 e. The predicted molar refractivity (Wildman–Crippen MR) is 81.5 cm³/mol. The van der Waals surface area contributed by atoms with Gasteiger partial charge in [0.05, 0.1) is 0 Å². The van der Waals surface area contributed by atoms with Gasteiger partial charge in [-0.1, -0.05) is 41.9 Å². The molecule has 0 radical (unpaired) electrons. The Labute approximate surface area is 124 Å². The Hall–Kier alpha value is -0.350. The Balaban J connectivity index is 1.54. The third-order valence-corrected chi connectivity index (χ3v) is 5.73. The lowest BCUT2D eigenvalue weighted by molar-refractivity contribution is 0.679. The number of halogens is 2. The van der Waals surface area contributed by atoms with Gasteiger partial charge in [-0.2, -0.15) is 0 Å². The van der Waals surface area contributed by atoms with E-state index in [1.807, 2.05) is 0 Å². The highest BCUT2D eigenvalue weighted by Crippen LogP contribution is 2.41. The summed E-state index contributed by atoms with van der Waals surface area (Å²) < 4.78 is 1.84. The van der Waals surface area contributed by atoms with E-state index in [0.29, 0.717) is 12.0 Å². The second-order valence-electron chi connectivity index (χ2n) is 4.57. The lowest BCUT2D eigenvalue weighted by Gasteiger charge is -2.02. The summed E-state index contributed by atoms with van der Waals surface area (Å²) in [6, 6.07) is 13.4. The first-order chi connectivity index (χ1) is 8.74. The minimum Gasteiger partial charge on any atom is -0.308 e. The molecule has 2 atom stereocenters. The summed E-state index contributed by atoms with van der Waals surface area (Å²) in [5.74, 6) is 0.685. The van der Waals surface area contributed by atoms with Crippen LogP contribution in [0.1, 0.15) is 22.8 Å². The van der Waals surface area contributed by atoms with Gasteiger partial charge in [-0.15, -0.1) is 11.3 Å². The van der Waals surface area contributed by atoms with E-state index < -0.39 is 0 Å². The SMILES string of the molecule is Clc1sc(CNC2CC2c2ccccc2)cc1Br. The number of thiophene rings is 1. The van der Waals surface area contributed by atoms with Crippen LogP contribution in [0.3, 0.4) is 0 Å². The highest BCUT2D eigenvalue weighted by atomic mass is 79.9. The molecule has 1 aliphatic rings. The van der Waals surface area contributed by atoms with E-state index in [1.165, 1.54) is 16.9 Å². The molecule has 1 aromatic carbocycles. The summed E-state index contributed by atoms with van der Waals surface area (Å²) in [6.07, 6.45) is 1.24. The van der Waals surface area contributed by atoms with Crippen molar-refractivity contribution in [3.63, 3.8) is 0 Å². The first-order valence-electron chi connectivity index (χ1n) is 5.96. The normalized spacial score (nSPS) is 22.1. The molecular formula is C14H13BrClNS. The van der Waals surface area contributed by atoms with Crippen molar-refractivity contribution in [2.24, 2.45) is 0 Å². The minimum atomic E-state index is 0.618. The first-order valence-corrected chi connectivity index (χ1v) is 7.95. The minimum absolute atomic E-state index is 0.618. The van der Waals surface area contributed by atoms with Crippen molar-refractivity contribution in [2.75, 3.05) is 0 Å². The van der Waals surface area contributed by atoms with E-state index in [-0.39, 0.29) is 0 Å². The monoisotopic (exact) mass is 341 g/mol. The molecule has 0 saturated heterocycles. The molecule has 0 amide bonds. The van der Waals surface area contributed by atoms with Crippen LogP contribution in [0.5, 0.6) is 0 Å². The van der Waals surface area contributed by atoms with Crippen molar-refractivity contribution < 1.29 is 0 Å². The van der Waals surface area contributed by atoms with E-state index in [1.54, 1.807) is 11.3 Å². The molecule has 0 aliphatic heterocycles. The number of benzene rings is 1. The van der Waals surface area contributed by atoms with E-state index in [9.17, 15) is 0 Å². The quantitative estimate of drug-likeness (QED) is 0.841. The van der Waals surface area contributed by atoms with Crippen molar-refractivity contribution >= 4 is 38.9 Å². The van der Waals surface area contributed by atoms with Crippen LogP contribution in [0.2, 0.25) is 4.34 Å². The van der Waals surface area contributed by atoms with E-state index in [2.05, 4.69) is 57.6 Å². The average molecular weight is 343 g/mol. The zero-order valence-electron chi connectivity index (χ0n) is 9.70. The summed E-state index contributed by atoms with van der Waals surface area (Å²) in [5, 5.41) is 3.59. The van der Waals surface area contributed by atoms with Gasteiger partial charge in [0.1, 0.15) is 4.34 Å². The molecule has 0 bridgehead atoms. The van der Waals surface area contributed by atoms with E-state index in [0.717, 1.165) is 15.4 Å². The van der Waals surface area contributed by atoms with Gasteiger partial charge in [-0.3, -0.25) is 0 Å². The first kappa shape index (κ1) is 12.7. The van der Waals surface area contributed by atoms with Crippen LogP contribution in [0.25, 0.3) is 0 Å². The third-order valence-electron chi connectivity index (χ3n) is 3.25. The maximum Gasteiger partial charge on any atom is 0.107 e. The molecule has 1 aliphatic carbocycles. The van der Waals surface area contributed by atoms with Gasteiger partial charge in [0, 0.05) is 27.9 Å². The maximum absolute atomic E-state index is 6.03. The fraction of sp³-hybridized carbons (Fsp3) is 0.286. The van der Waals surface area contributed by atoms with Crippen LogP contribution in [-0.4, -0.2) is 6.04 Å². The molecule has 1 heterocycles. The Morgan fingerprint density at radius 1 is 1.33 bits per heavy atom. The van der Waals surface area contributed by atoms with Crippen LogP contribution in [0, 0.1) is 0 Å². The Kier molecular flexibility index (Phi) is 3.76. The summed E-state index contributed by atoms with van der Waals surface area (Å²) in [6.45, 7) is 0.907. The molecule has 1 fully saturated rings. The number of hydrogen-bond donors (Lipinski definition) is 1. The molecule has 1 N–H and O–H groups in total. The zero-order valence-corrected chi connectivity index (χ0v) is 12.9. The third kappa shape index (κ3) is 2.80. The summed E-state index contributed by atoms with van der Waals surface area (Å²) in [7, 11) is 0. The van der Waals surface area contributed by atoms with Gasteiger partial charge < -0.3 is 5.32 Å². The molecule has 3 rings (SSSR count). The average Bonchev–Trinajstić information content (AvgIpc) is 3.09. The molecule has 0 spiro atoms. The molecule has 1 saturated carbocycles. The van der Waals surface area contributed by atoms with Crippen molar-refractivity contribution in [1.29, 1.82) is 0 Å². The van der Waals surface area contributed by atoms with Crippen molar-refractivity contribution in [1.82, 2.24) is 5.32 Å². The van der Waals surface area contributed by atoms with Gasteiger partial charge >= 0.3 is 0 Å². The molecule has 1 aromatic heterocycles. The van der Waals surface area contributed by atoms with Crippen molar-refractivity contribution in [3.05, 3.63) is 55.6 Å². The lowest BCUT2D eigenvalue weighted by Crippen LogP contribution is -2.16. The highest BCUT2D eigenvalue weighted by Gasteiger charge is 2.37. The number of nitrogens with one attached hydrogen (secondary N) is 1. The highest BCUT2D eigenvalue weighted by molar-refractivity contribution is 9.10. The summed E-state index contributed by atoms with van der Waals surface area (Å²) >= 11 is 11.1. The number of hydrogen-bond acceptors (Lipinski definition) is 2. The van der Waals surface area contributed by atoms with E-state index >= 15 is 0 Å². The molecular weight excluding hydrogens is 330 g/mol. The van der Waals surface area contributed by atoms with Crippen LogP contribution in [-0.2, 0) is 6.54 Å². The second kappa shape index (κ2) is 5.33. The maximum atomic E-state index is 6.03. The van der Waals surface area contributed by atoms with Gasteiger partial charge in [-0.25, -0.2) is 0 Å². The fourth-order valence-corrected chi connectivity index (χ4v) is 3.94. The standard InChI is InChI=1S/C14H13BrClNS/c15-12-6-10(18-14(12)16)8-17-13-7-11(13)9-4-2-1-3-5-9/h1-6,11,13,17H,7-8H2. The summed E-state index contributed by atoms with van der Waals surface area (Å²) in [4.78, 5) is 1.28.